The van der Waals surface area contributed by atoms with Crippen molar-refractivity contribution in [2.45, 2.75) is 12.5 Å². The molecule has 1 atom stereocenters. The lowest BCUT2D eigenvalue weighted by Crippen LogP contribution is -2.47. The molecule has 0 aromatic heterocycles. The van der Waals surface area contributed by atoms with Crippen molar-refractivity contribution in [3.8, 4) is 0 Å². The third-order valence-electron chi connectivity index (χ3n) is 2.10. The van der Waals surface area contributed by atoms with Crippen LogP contribution >= 0.6 is 11.8 Å². The number of carbonyl (C=O) groups is 2. The molecule has 1 rings (SSSR count). The summed E-state index contributed by atoms with van der Waals surface area (Å²) in [6, 6.07) is 0.176. The van der Waals surface area contributed by atoms with Crippen LogP contribution in [0, 0.1) is 0 Å². The molecule has 0 bridgehead atoms. The molecular formula is C7H13N3O2S. The standard InChI is InChI=1S/C7H13N3O2S/c1-10(5-2-3-13-4-5)7(12)6(11)9-8/h5H,2-4,8H2,1H3,(H,9,11). The van der Waals surface area contributed by atoms with Gasteiger partial charge in [-0.2, -0.15) is 11.8 Å². The Bertz CT molecular complexity index is 216. The monoisotopic (exact) mass is 203 g/mol. The zero-order valence-electron chi connectivity index (χ0n) is 7.45. The number of thioether (sulfide) groups is 1. The van der Waals surface area contributed by atoms with E-state index in [1.54, 1.807) is 18.8 Å². The van der Waals surface area contributed by atoms with Crippen LogP contribution in [0.4, 0.5) is 0 Å². The van der Waals surface area contributed by atoms with Gasteiger partial charge in [0.2, 0.25) is 0 Å². The number of carbonyl (C=O) groups excluding carboxylic acids is 2. The molecule has 1 aliphatic heterocycles. The molecule has 0 aliphatic carbocycles. The summed E-state index contributed by atoms with van der Waals surface area (Å²) >= 11 is 1.79. The van der Waals surface area contributed by atoms with Crippen LogP contribution in [0.1, 0.15) is 6.42 Å². The zero-order chi connectivity index (χ0) is 9.84. The summed E-state index contributed by atoms with van der Waals surface area (Å²) in [5.41, 5.74) is 1.83. The Balaban J connectivity index is 2.50. The van der Waals surface area contributed by atoms with E-state index in [2.05, 4.69) is 0 Å². The summed E-state index contributed by atoms with van der Waals surface area (Å²) in [5.74, 6) is 5.50. The number of rotatable bonds is 1. The Morgan fingerprint density at radius 3 is 2.77 bits per heavy atom. The van der Waals surface area contributed by atoms with Crippen LogP contribution in [0.25, 0.3) is 0 Å². The van der Waals surface area contributed by atoms with E-state index in [0.29, 0.717) is 0 Å². The summed E-state index contributed by atoms with van der Waals surface area (Å²) in [6.07, 6.45) is 0.949. The fourth-order valence-corrected chi connectivity index (χ4v) is 2.48. The van der Waals surface area contributed by atoms with Crippen LogP contribution in [0.15, 0.2) is 0 Å². The molecule has 0 spiro atoms. The topological polar surface area (TPSA) is 75.4 Å². The first-order valence-electron chi connectivity index (χ1n) is 4.02. The van der Waals surface area contributed by atoms with E-state index in [1.165, 1.54) is 4.90 Å². The Labute approximate surface area is 81.0 Å². The van der Waals surface area contributed by atoms with Gasteiger partial charge in [0.25, 0.3) is 0 Å². The minimum atomic E-state index is -0.751. The molecule has 74 valence electrons. The van der Waals surface area contributed by atoms with Gasteiger partial charge in [0, 0.05) is 18.8 Å². The van der Waals surface area contributed by atoms with Gasteiger partial charge in [-0.15, -0.1) is 0 Å². The molecule has 2 amide bonds. The van der Waals surface area contributed by atoms with Crippen molar-refractivity contribution in [2.75, 3.05) is 18.6 Å². The molecule has 1 fully saturated rings. The molecule has 13 heavy (non-hydrogen) atoms. The maximum atomic E-state index is 11.3. The fourth-order valence-electron chi connectivity index (χ4n) is 1.22. The van der Waals surface area contributed by atoms with Gasteiger partial charge in [-0.05, 0) is 12.2 Å². The van der Waals surface area contributed by atoms with Crippen molar-refractivity contribution in [3.63, 3.8) is 0 Å². The van der Waals surface area contributed by atoms with Gasteiger partial charge in [0.05, 0.1) is 0 Å². The van der Waals surface area contributed by atoms with Gasteiger partial charge < -0.3 is 4.90 Å². The van der Waals surface area contributed by atoms with Crippen molar-refractivity contribution in [1.82, 2.24) is 10.3 Å². The second-order valence-electron chi connectivity index (χ2n) is 2.91. The predicted molar refractivity (Wildman–Crippen MR) is 50.8 cm³/mol. The number of hydrogen-bond donors (Lipinski definition) is 2. The largest absolute Gasteiger partial charge is 0.334 e. The second-order valence-corrected chi connectivity index (χ2v) is 4.06. The smallest absolute Gasteiger partial charge is 0.323 e. The lowest BCUT2D eigenvalue weighted by molar-refractivity contribution is -0.146. The van der Waals surface area contributed by atoms with Crippen LogP contribution < -0.4 is 11.3 Å². The molecule has 1 aliphatic rings. The highest BCUT2D eigenvalue weighted by Crippen LogP contribution is 2.21. The van der Waals surface area contributed by atoms with Crippen molar-refractivity contribution in [1.29, 1.82) is 0 Å². The summed E-state index contributed by atoms with van der Waals surface area (Å²) < 4.78 is 0. The molecule has 0 saturated carbocycles. The summed E-state index contributed by atoms with van der Waals surface area (Å²) in [7, 11) is 1.63. The maximum absolute atomic E-state index is 11.3. The molecule has 1 saturated heterocycles. The quantitative estimate of drug-likeness (QED) is 0.246. The van der Waals surface area contributed by atoms with E-state index >= 15 is 0 Å². The van der Waals surface area contributed by atoms with Crippen molar-refractivity contribution in [2.24, 2.45) is 5.84 Å². The Hall–Kier alpha value is -0.750. The molecule has 3 N–H and O–H groups in total. The summed E-state index contributed by atoms with van der Waals surface area (Å²) in [4.78, 5) is 23.6. The lowest BCUT2D eigenvalue weighted by atomic mass is 10.2. The van der Waals surface area contributed by atoms with Gasteiger partial charge in [-0.1, -0.05) is 0 Å². The van der Waals surface area contributed by atoms with Crippen LogP contribution in [0.3, 0.4) is 0 Å². The van der Waals surface area contributed by atoms with Gasteiger partial charge in [-0.3, -0.25) is 15.0 Å². The molecule has 0 aromatic carbocycles. The van der Waals surface area contributed by atoms with Crippen LogP contribution in [-0.4, -0.2) is 41.3 Å². The fraction of sp³-hybridized carbons (Fsp3) is 0.714. The van der Waals surface area contributed by atoms with Crippen LogP contribution in [0.2, 0.25) is 0 Å². The van der Waals surface area contributed by atoms with E-state index in [-0.39, 0.29) is 6.04 Å². The number of amides is 2. The highest BCUT2D eigenvalue weighted by molar-refractivity contribution is 7.99. The second kappa shape index (κ2) is 4.48. The number of hydrogen-bond acceptors (Lipinski definition) is 4. The third kappa shape index (κ3) is 2.35. The average molecular weight is 203 g/mol. The van der Waals surface area contributed by atoms with E-state index < -0.39 is 11.8 Å². The molecular weight excluding hydrogens is 190 g/mol. The number of nitrogens with zero attached hydrogens (tertiary/aromatic N) is 1. The highest BCUT2D eigenvalue weighted by atomic mass is 32.2. The first kappa shape index (κ1) is 10.3. The van der Waals surface area contributed by atoms with Gasteiger partial charge >= 0.3 is 11.8 Å². The molecule has 0 aromatic rings. The van der Waals surface area contributed by atoms with Crippen molar-refractivity contribution < 1.29 is 9.59 Å². The molecule has 6 heteroatoms. The molecule has 1 heterocycles. The number of hydrazine groups is 1. The minimum Gasteiger partial charge on any atom is -0.334 e. The lowest BCUT2D eigenvalue weighted by Gasteiger charge is -2.22. The first-order chi connectivity index (χ1) is 6.16. The van der Waals surface area contributed by atoms with Crippen molar-refractivity contribution in [3.05, 3.63) is 0 Å². The Morgan fingerprint density at radius 1 is 1.62 bits per heavy atom. The maximum Gasteiger partial charge on any atom is 0.323 e. The third-order valence-corrected chi connectivity index (χ3v) is 3.24. The highest BCUT2D eigenvalue weighted by Gasteiger charge is 2.27. The van der Waals surface area contributed by atoms with E-state index in [9.17, 15) is 9.59 Å². The van der Waals surface area contributed by atoms with Gasteiger partial charge in [0.1, 0.15) is 0 Å². The number of nitrogens with one attached hydrogen (secondary N) is 1. The molecule has 1 unspecified atom stereocenters. The molecule has 0 radical (unpaired) electrons. The van der Waals surface area contributed by atoms with Gasteiger partial charge in [0.15, 0.2) is 0 Å². The Morgan fingerprint density at radius 2 is 2.31 bits per heavy atom. The average Bonchev–Trinajstić information content (AvgIpc) is 2.67. The predicted octanol–water partition coefficient (Wildman–Crippen LogP) is -1.06. The van der Waals surface area contributed by atoms with Crippen LogP contribution in [0.5, 0.6) is 0 Å². The Kier molecular flexibility index (Phi) is 3.56. The van der Waals surface area contributed by atoms with Gasteiger partial charge in [-0.25, -0.2) is 5.84 Å². The van der Waals surface area contributed by atoms with E-state index in [0.717, 1.165) is 17.9 Å². The van der Waals surface area contributed by atoms with E-state index in [4.69, 9.17) is 5.84 Å². The summed E-state index contributed by atoms with van der Waals surface area (Å²) in [6.45, 7) is 0. The van der Waals surface area contributed by atoms with E-state index in [1.807, 2.05) is 5.43 Å². The molecule has 5 nitrogen and oxygen atoms in total. The van der Waals surface area contributed by atoms with Crippen LogP contribution in [-0.2, 0) is 9.59 Å². The number of likely N-dealkylation sites (N-methyl/N-ethyl adjacent to an activating group) is 1. The first-order valence-corrected chi connectivity index (χ1v) is 5.17. The van der Waals surface area contributed by atoms with Crippen molar-refractivity contribution >= 4 is 23.6 Å². The summed E-state index contributed by atoms with van der Waals surface area (Å²) in [5, 5.41) is 0. The minimum absolute atomic E-state index is 0.176. The number of nitrogens with two attached hydrogens (primary N) is 1. The normalized spacial score (nSPS) is 21.2. The zero-order valence-corrected chi connectivity index (χ0v) is 8.26. The SMILES string of the molecule is CN(C(=O)C(=O)NN)C1CCSC1.